The molecule has 1 N–H and O–H groups in total. The molecule has 29 heavy (non-hydrogen) atoms. The van der Waals surface area contributed by atoms with Crippen molar-refractivity contribution in [3.8, 4) is 0 Å². The third-order valence-corrected chi connectivity index (χ3v) is 5.10. The number of nitrogens with zero attached hydrogens (tertiary/aromatic N) is 1. The van der Waals surface area contributed by atoms with Gasteiger partial charge in [-0.1, -0.05) is 30.4 Å². The minimum atomic E-state index is -1.21. The van der Waals surface area contributed by atoms with Gasteiger partial charge in [0.1, 0.15) is 0 Å². The number of nitrogens with one attached hydrogen (secondary N) is 1. The van der Waals surface area contributed by atoms with E-state index in [1.165, 1.54) is 0 Å². The Morgan fingerprint density at radius 2 is 1.59 bits per heavy atom. The van der Waals surface area contributed by atoms with E-state index in [0.717, 1.165) is 5.69 Å². The van der Waals surface area contributed by atoms with Crippen molar-refractivity contribution in [1.29, 1.82) is 0 Å². The van der Waals surface area contributed by atoms with Crippen LogP contribution in [0.3, 0.4) is 0 Å². The van der Waals surface area contributed by atoms with E-state index in [4.69, 9.17) is 0 Å². The van der Waals surface area contributed by atoms with Gasteiger partial charge < -0.3 is 20.1 Å². The molecule has 0 fully saturated rings. The summed E-state index contributed by atoms with van der Waals surface area (Å²) >= 11 is 0. The zero-order valence-corrected chi connectivity index (χ0v) is 16.2. The molecule has 6 nitrogen and oxygen atoms in total. The summed E-state index contributed by atoms with van der Waals surface area (Å²) in [7, 11) is 0. The Morgan fingerprint density at radius 3 is 2.17 bits per heavy atom. The van der Waals surface area contributed by atoms with Crippen LogP contribution >= 0.6 is 0 Å². The standard InChI is InChI=1S/C23H24N2O4/c1-2-25(18-8-4-3-5-9-18)22(27)16-12-14-17(15-13-16)24-21(26)19-10-6-7-11-20(19)23(28)29/h3-9,12-15,19-20H,2,10-11H2,1H3,(H,24,26)(H,28,29)/p-1/t19-,20+/m0/s1. The smallest absolute Gasteiger partial charge is 0.258 e. The topological polar surface area (TPSA) is 89.5 Å². The lowest BCUT2D eigenvalue weighted by atomic mass is 9.82. The molecule has 0 spiro atoms. The van der Waals surface area contributed by atoms with Gasteiger partial charge in [0.2, 0.25) is 5.91 Å². The highest BCUT2D eigenvalue weighted by Crippen LogP contribution is 2.27. The second-order valence-corrected chi connectivity index (χ2v) is 6.93. The number of carboxylic acid groups (broad SMARTS) is 1. The molecule has 1 aliphatic carbocycles. The minimum absolute atomic E-state index is 0.133. The minimum Gasteiger partial charge on any atom is -0.550 e. The van der Waals surface area contributed by atoms with Crippen LogP contribution in [0, 0.1) is 11.8 Å². The van der Waals surface area contributed by atoms with E-state index in [1.54, 1.807) is 35.2 Å². The Hall–Kier alpha value is -3.41. The van der Waals surface area contributed by atoms with Gasteiger partial charge in [0.05, 0.1) is 5.92 Å². The van der Waals surface area contributed by atoms with Gasteiger partial charge in [-0.3, -0.25) is 9.59 Å². The van der Waals surface area contributed by atoms with Crippen LogP contribution in [0.2, 0.25) is 0 Å². The van der Waals surface area contributed by atoms with Crippen molar-refractivity contribution in [2.24, 2.45) is 11.8 Å². The number of hydrogen-bond donors (Lipinski definition) is 1. The van der Waals surface area contributed by atoms with E-state index in [2.05, 4.69) is 5.32 Å². The van der Waals surface area contributed by atoms with Gasteiger partial charge in [0.25, 0.3) is 5.91 Å². The van der Waals surface area contributed by atoms with Crippen molar-refractivity contribution < 1.29 is 19.5 Å². The second-order valence-electron chi connectivity index (χ2n) is 6.93. The first kappa shape index (κ1) is 20.3. The molecule has 0 bridgehead atoms. The van der Waals surface area contributed by atoms with Crippen molar-refractivity contribution in [2.75, 3.05) is 16.8 Å². The highest BCUT2D eigenvalue weighted by atomic mass is 16.4. The summed E-state index contributed by atoms with van der Waals surface area (Å²) < 4.78 is 0. The maximum Gasteiger partial charge on any atom is 0.258 e. The van der Waals surface area contributed by atoms with Crippen LogP contribution in [0.15, 0.2) is 66.7 Å². The SMILES string of the molecule is CCN(C(=O)c1ccc(NC(=O)[C@H]2CC=CC[C@H]2C(=O)[O-])cc1)c1ccccc1. The fourth-order valence-corrected chi connectivity index (χ4v) is 3.50. The molecule has 150 valence electrons. The monoisotopic (exact) mass is 391 g/mol. The predicted molar refractivity (Wildman–Crippen MR) is 109 cm³/mol. The summed E-state index contributed by atoms with van der Waals surface area (Å²) in [5.41, 5.74) is 1.83. The summed E-state index contributed by atoms with van der Waals surface area (Å²) in [4.78, 5) is 38.3. The highest BCUT2D eigenvalue weighted by Gasteiger charge is 2.29. The molecule has 0 aliphatic heterocycles. The molecule has 0 radical (unpaired) electrons. The number of aliphatic carboxylic acids is 1. The van der Waals surface area contributed by atoms with Crippen LogP contribution < -0.4 is 15.3 Å². The Labute approximate surface area is 169 Å². The van der Waals surface area contributed by atoms with Crippen LogP contribution in [0.4, 0.5) is 11.4 Å². The lowest BCUT2D eigenvalue weighted by Crippen LogP contribution is -2.41. The third kappa shape index (κ3) is 4.71. The first-order chi connectivity index (χ1) is 14.0. The summed E-state index contributed by atoms with van der Waals surface area (Å²) in [5.74, 6) is -3.20. The fourth-order valence-electron chi connectivity index (χ4n) is 3.50. The van der Waals surface area contributed by atoms with Gasteiger partial charge in [-0.25, -0.2) is 0 Å². The Bertz CT molecular complexity index is 906. The molecule has 3 rings (SSSR count). The summed E-state index contributed by atoms with van der Waals surface area (Å²) in [5, 5.41) is 14.0. The predicted octanol–water partition coefficient (Wildman–Crippen LogP) is 2.62. The van der Waals surface area contributed by atoms with E-state index in [0.29, 0.717) is 30.6 Å². The fraction of sp³-hybridized carbons (Fsp3) is 0.261. The molecule has 6 heteroatoms. The molecule has 0 unspecified atom stereocenters. The number of amides is 2. The highest BCUT2D eigenvalue weighted by molar-refractivity contribution is 6.06. The number of benzene rings is 2. The number of carbonyl (C=O) groups excluding carboxylic acids is 3. The van der Waals surface area contributed by atoms with E-state index < -0.39 is 17.8 Å². The molecule has 0 saturated carbocycles. The van der Waals surface area contributed by atoms with E-state index in [-0.39, 0.29) is 11.8 Å². The van der Waals surface area contributed by atoms with Crippen molar-refractivity contribution in [3.63, 3.8) is 0 Å². The first-order valence-electron chi connectivity index (χ1n) is 9.65. The van der Waals surface area contributed by atoms with Crippen LogP contribution in [-0.4, -0.2) is 24.3 Å². The zero-order valence-electron chi connectivity index (χ0n) is 16.2. The van der Waals surface area contributed by atoms with E-state index in [9.17, 15) is 19.5 Å². The lowest BCUT2D eigenvalue weighted by molar-refractivity contribution is -0.313. The van der Waals surface area contributed by atoms with Crippen LogP contribution in [-0.2, 0) is 9.59 Å². The van der Waals surface area contributed by atoms with Gasteiger partial charge in [-0.05, 0) is 56.2 Å². The van der Waals surface area contributed by atoms with Crippen molar-refractivity contribution >= 4 is 29.2 Å². The molecule has 0 aromatic heterocycles. The molecule has 2 amide bonds. The average Bonchev–Trinajstić information content (AvgIpc) is 2.75. The Balaban J connectivity index is 1.70. The van der Waals surface area contributed by atoms with Gasteiger partial charge in [-0.2, -0.15) is 0 Å². The molecule has 2 aromatic rings. The summed E-state index contributed by atoms with van der Waals surface area (Å²) in [6, 6.07) is 16.0. The average molecular weight is 391 g/mol. The Morgan fingerprint density at radius 1 is 0.966 bits per heavy atom. The number of rotatable bonds is 6. The molecule has 0 heterocycles. The largest absolute Gasteiger partial charge is 0.550 e. The van der Waals surface area contributed by atoms with Gasteiger partial charge >= 0.3 is 0 Å². The molecule has 0 saturated heterocycles. The molecule has 2 aromatic carbocycles. The number of allylic oxidation sites excluding steroid dienone is 2. The van der Waals surface area contributed by atoms with E-state index >= 15 is 0 Å². The van der Waals surface area contributed by atoms with Gasteiger partial charge in [0.15, 0.2) is 0 Å². The molecule has 1 aliphatic rings. The maximum atomic E-state index is 12.8. The number of hydrogen-bond acceptors (Lipinski definition) is 4. The Kier molecular flexibility index (Phi) is 6.44. The maximum absolute atomic E-state index is 12.8. The molecular weight excluding hydrogens is 368 g/mol. The van der Waals surface area contributed by atoms with Crippen LogP contribution in [0.25, 0.3) is 0 Å². The van der Waals surface area contributed by atoms with Crippen LogP contribution in [0.5, 0.6) is 0 Å². The molecular formula is C23H23N2O4-. The quantitative estimate of drug-likeness (QED) is 0.767. The lowest BCUT2D eigenvalue weighted by Gasteiger charge is -2.28. The van der Waals surface area contributed by atoms with Crippen molar-refractivity contribution in [1.82, 2.24) is 0 Å². The van der Waals surface area contributed by atoms with Gasteiger partial charge in [0, 0.05) is 35.4 Å². The number of anilines is 2. The van der Waals surface area contributed by atoms with Crippen molar-refractivity contribution in [3.05, 3.63) is 72.3 Å². The first-order valence-corrected chi connectivity index (χ1v) is 9.65. The number of carboxylic acids is 1. The third-order valence-electron chi connectivity index (χ3n) is 5.10. The van der Waals surface area contributed by atoms with Crippen molar-refractivity contribution in [2.45, 2.75) is 19.8 Å². The van der Waals surface area contributed by atoms with E-state index in [1.807, 2.05) is 43.3 Å². The van der Waals surface area contributed by atoms with Crippen LogP contribution in [0.1, 0.15) is 30.1 Å². The zero-order chi connectivity index (χ0) is 20.8. The number of para-hydroxylation sites is 1. The number of carbonyl (C=O) groups is 3. The van der Waals surface area contributed by atoms with Gasteiger partial charge in [-0.15, -0.1) is 0 Å². The normalized spacial score (nSPS) is 18.1. The summed E-state index contributed by atoms with van der Waals surface area (Å²) in [6.45, 7) is 2.44. The molecule has 2 atom stereocenters. The second kappa shape index (κ2) is 9.19. The summed E-state index contributed by atoms with van der Waals surface area (Å²) in [6.07, 6.45) is 4.23.